The number of aromatic amines is 1. The normalized spacial score (nSPS) is 15.1. The molecule has 0 radical (unpaired) electrons. The van der Waals surface area contributed by atoms with E-state index in [1.54, 1.807) is 0 Å². The topological polar surface area (TPSA) is 48.1 Å². The van der Waals surface area contributed by atoms with Crippen LogP contribution < -0.4 is 5.32 Å². The first kappa shape index (κ1) is 18.9. The molecule has 0 bridgehead atoms. The van der Waals surface area contributed by atoms with Gasteiger partial charge in [-0.1, -0.05) is 42.5 Å². The van der Waals surface area contributed by atoms with Crippen molar-refractivity contribution >= 4 is 27.6 Å². The highest BCUT2D eigenvalue weighted by molar-refractivity contribution is 6.00. The Morgan fingerprint density at radius 3 is 2.57 bits per heavy atom. The summed E-state index contributed by atoms with van der Waals surface area (Å²) in [7, 11) is 4.11. The maximum absolute atomic E-state index is 13.3. The van der Waals surface area contributed by atoms with Crippen LogP contribution in [0.3, 0.4) is 0 Å². The molecule has 1 amide bonds. The van der Waals surface area contributed by atoms with E-state index in [4.69, 9.17) is 0 Å². The van der Waals surface area contributed by atoms with Gasteiger partial charge >= 0.3 is 0 Å². The summed E-state index contributed by atoms with van der Waals surface area (Å²) < 4.78 is 0. The highest BCUT2D eigenvalue weighted by Crippen LogP contribution is 2.48. The Bertz CT molecular complexity index is 1260. The second-order valence-electron chi connectivity index (χ2n) is 8.85. The molecular formula is C26H27N3O. The summed E-state index contributed by atoms with van der Waals surface area (Å²) in [6.07, 6.45) is 1.95. The number of aryl methyl sites for hydroxylation is 1. The number of nitrogens with zero attached hydrogens (tertiary/aromatic N) is 1. The van der Waals surface area contributed by atoms with Crippen LogP contribution in [-0.2, 0) is 12.1 Å². The largest absolute Gasteiger partial charge is 0.357 e. The maximum Gasteiger partial charge on any atom is 0.252 e. The Hall–Kier alpha value is -3.11. The fourth-order valence-electron chi connectivity index (χ4n) is 4.54. The van der Waals surface area contributed by atoms with Crippen LogP contribution in [0.15, 0.2) is 60.7 Å². The van der Waals surface area contributed by atoms with E-state index in [0.29, 0.717) is 0 Å². The van der Waals surface area contributed by atoms with Gasteiger partial charge in [0.1, 0.15) is 0 Å². The van der Waals surface area contributed by atoms with Crippen LogP contribution in [0.2, 0.25) is 0 Å². The van der Waals surface area contributed by atoms with E-state index < -0.39 is 0 Å². The SMILES string of the molecule is Cc1cc2cc(CN(C)C)[nH]c2cc1C(=O)NC1(c2cccc3ccccc23)CC1. The van der Waals surface area contributed by atoms with Crippen LogP contribution in [0.4, 0.5) is 0 Å². The van der Waals surface area contributed by atoms with Gasteiger partial charge in [-0.25, -0.2) is 0 Å². The molecule has 0 aliphatic heterocycles. The predicted octanol–water partition coefficient (Wildman–Crippen LogP) is 5.11. The number of H-pyrrole nitrogens is 1. The molecule has 4 heteroatoms. The van der Waals surface area contributed by atoms with Crippen molar-refractivity contribution < 1.29 is 4.79 Å². The monoisotopic (exact) mass is 397 g/mol. The molecule has 1 aromatic heterocycles. The van der Waals surface area contributed by atoms with Gasteiger partial charge in [0.05, 0.1) is 5.54 Å². The molecule has 3 aromatic carbocycles. The highest BCUT2D eigenvalue weighted by Gasteiger charge is 2.46. The van der Waals surface area contributed by atoms with Crippen LogP contribution in [0.25, 0.3) is 21.7 Å². The van der Waals surface area contributed by atoms with Gasteiger partial charge in [0.15, 0.2) is 0 Å². The second kappa shape index (κ2) is 6.99. The molecule has 0 unspecified atom stereocenters. The lowest BCUT2D eigenvalue weighted by Gasteiger charge is -2.21. The van der Waals surface area contributed by atoms with Gasteiger partial charge in [0.2, 0.25) is 0 Å². The summed E-state index contributed by atoms with van der Waals surface area (Å²) in [4.78, 5) is 18.9. The van der Waals surface area contributed by atoms with Crippen molar-refractivity contribution in [3.05, 3.63) is 83.0 Å². The number of aromatic nitrogens is 1. The fraction of sp³-hybridized carbons (Fsp3) is 0.269. The van der Waals surface area contributed by atoms with Crippen molar-refractivity contribution in [2.75, 3.05) is 14.1 Å². The average Bonchev–Trinajstić information content (AvgIpc) is 3.39. The van der Waals surface area contributed by atoms with Crippen molar-refractivity contribution in [3.63, 3.8) is 0 Å². The lowest BCUT2D eigenvalue weighted by Crippen LogP contribution is -2.35. The van der Waals surface area contributed by atoms with Crippen LogP contribution in [0, 0.1) is 6.92 Å². The highest BCUT2D eigenvalue weighted by atomic mass is 16.1. The first-order valence-electron chi connectivity index (χ1n) is 10.5. The van der Waals surface area contributed by atoms with Crippen LogP contribution in [-0.4, -0.2) is 29.9 Å². The molecule has 1 fully saturated rings. The Morgan fingerprint density at radius 1 is 1.03 bits per heavy atom. The van der Waals surface area contributed by atoms with Gasteiger partial charge in [-0.15, -0.1) is 0 Å². The molecule has 1 aliphatic rings. The number of fused-ring (bicyclic) bond motifs is 2. The number of benzene rings is 3. The Kier molecular flexibility index (Phi) is 4.40. The van der Waals surface area contributed by atoms with E-state index >= 15 is 0 Å². The lowest BCUT2D eigenvalue weighted by molar-refractivity contribution is 0.0930. The van der Waals surface area contributed by atoms with Crippen molar-refractivity contribution in [1.82, 2.24) is 15.2 Å². The van der Waals surface area contributed by atoms with Crippen LogP contribution in [0.1, 0.15) is 40.0 Å². The van der Waals surface area contributed by atoms with E-state index in [0.717, 1.165) is 47.1 Å². The molecule has 0 saturated heterocycles. The number of amides is 1. The molecule has 1 aliphatic carbocycles. The van der Waals surface area contributed by atoms with Crippen molar-refractivity contribution in [3.8, 4) is 0 Å². The van der Waals surface area contributed by atoms with Gasteiger partial charge in [0.25, 0.3) is 5.91 Å². The number of carbonyl (C=O) groups is 1. The third kappa shape index (κ3) is 3.27. The number of hydrogen-bond acceptors (Lipinski definition) is 2. The zero-order valence-electron chi connectivity index (χ0n) is 17.8. The van der Waals surface area contributed by atoms with Crippen molar-refractivity contribution in [2.45, 2.75) is 31.8 Å². The smallest absolute Gasteiger partial charge is 0.252 e. The van der Waals surface area contributed by atoms with E-state index in [9.17, 15) is 4.79 Å². The molecule has 152 valence electrons. The maximum atomic E-state index is 13.3. The minimum Gasteiger partial charge on any atom is -0.357 e. The molecule has 0 spiro atoms. The summed E-state index contributed by atoms with van der Waals surface area (Å²) in [5.74, 6) is 0.00333. The van der Waals surface area contributed by atoms with Crippen LogP contribution >= 0.6 is 0 Å². The number of nitrogens with one attached hydrogen (secondary N) is 2. The Labute approximate surface area is 176 Å². The molecule has 4 aromatic rings. The minimum atomic E-state index is -0.259. The van der Waals surface area contributed by atoms with Crippen molar-refractivity contribution in [1.29, 1.82) is 0 Å². The quantitative estimate of drug-likeness (QED) is 0.492. The number of carbonyl (C=O) groups excluding carboxylic acids is 1. The van der Waals surface area contributed by atoms with Crippen molar-refractivity contribution in [2.24, 2.45) is 0 Å². The first-order valence-corrected chi connectivity index (χ1v) is 10.5. The first-order chi connectivity index (χ1) is 14.4. The van der Waals surface area contributed by atoms with E-state index in [1.165, 1.54) is 16.3 Å². The third-order valence-electron chi connectivity index (χ3n) is 6.16. The average molecular weight is 398 g/mol. The van der Waals surface area contributed by atoms with Gasteiger partial charge in [-0.3, -0.25) is 4.79 Å². The van der Waals surface area contributed by atoms with E-state index in [2.05, 4.69) is 83.9 Å². The summed E-state index contributed by atoms with van der Waals surface area (Å²) in [5.41, 5.74) is 4.88. The predicted molar refractivity (Wildman–Crippen MR) is 123 cm³/mol. The zero-order chi connectivity index (χ0) is 20.9. The Morgan fingerprint density at radius 2 is 1.80 bits per heavy atom. The van der Waals surface area contributed by atoms with Crippen LogP contribution in [0.5, 0.6) is 0 Å². The molecule has 1 heterocycles. The number of hydrogen-bond donors (Lipinski definition) is 2. The van der Waals surface area contributed by atoms with Gasteiger partial charge in [-0.05, 0) is 74.0 Å². The molecule has 0 atom stereocenters. The third-order valence-corrected chi connectivity index (χ3v) is 6.16. The number of rotatable bonds is 5. The standard InChI is InChI=1S/C26H27N3O/c1-17-13-19-14-20(16-29(2)3)27-24(19)15-22(17)25(30)28-26(11-12-26)23-10-6-8-18-7-4-5-9-21(18)23/h4-10,13-15,27H,11-12,16H2,1-3H3,(H,28,30). The fourth-order valence-corrected chi connectivity index (χ4v) is 4.54. The zero-order valence-corrected chi connectivity index (χ0v) is 17.8. The van der Waals surface area contributed by atoms with E-state index in [-0.39, 0.29) is 11.4 Å². The van der Waals surface area contributed by atoms with Gasteiger partial charge in [-0.2, -0.15) is 0 Å². The molecular weight excluding hydrogens is 370 g/mol. The molecule has 5 rings (SSSR count). The lowest BCUT2D eigenvalue weighted by atomic mass is 9.96. The van der Waals surface area contributed by atoms with E-state index in [1.807, 2.05) is 13.0 Å². The van der Waals surface area contributed by atoms with Gasteiger partial charge < -0.3 is 15.2 Å². The summed E-state index contributed by atoms with van der Waals surface area (Å²) in [6.45, 7) is 2.86. The molecule has 30 heavy (non-hydrogen) atoms. The summed E-state index contributed by atoms with van der Waals surface area (Å²) in [5, 5.41) is 6.97. The van der Waals surface area contributed by atoms with Gasteiger partial charge in [0, 0.05) is 28.7 Å². The Balaban J connectivity index is 1.47. The second-order valence-corrected chi connectivity index (χ2v) is 8.85. The molecule has 2 N–H and O–H groups in total. The summed E-state index contributed by atoms with van der Waals surface area (Å²) >= 11 is 0. The molecule has 4 nitrogen and oxygen atoms in total. The summed E-state index contributed by atoms with van der Waals surface area (Å²) in [6, 6.07) is 21.1. The minimum absolute atomic E-state index is 0.00333. The molecule has 1 saturated carbocycles.